The molecular weight excluding hydrogens is 395 g/mol. The van der Waals surface area contributed by atoms with Crippen molar-refractivity contribution in [1.82, 2.24) is 0 Å². The molecule has 1 N–H and O–H groups in total. The van der Waals surface area contributed by atoms with Crippen LogP contribution in [0.25, 0.3) is 0 Å². The van der Waals surface area contributed by atoms with Gasteiger partial charge in [-0.1, -0.05) is 0 Å². The fourth-order valence-corrected chi connectivity index (χ4v) is 4.88. The molecule has 0 heterocycles. The topological polar surface area (TPSA) is 20.2 Å². The maximum absolute atomic E-state index is 11.3. The number of rotatable bonds is 6. The molecule has 0 amide bonds. The second-order valence-electron chi connectivity index (χ2n) is 6.40. The molecule has 0 bridgehead atoms. The van der Waals surface area contributed by atoms with Crippen molar-refractivity contribution in [3.63, 3.8) is 0 Å². The van der Waals surface area contributed by atoms with Gasteiger partial charge in [0.25, 0.3) is 0 Å². The van der Waals surface area contributed by atoms with Crippen molar-refractivity contribution in [2.24, 2.45) is 0 Å². The van der Waals surface area contributed by atoms with Gasteiger partial charge in [0.05, 0.1) is 0 Å². The summed E-state index contributed by atoms with van der Waals surface area (Å²) in [6.07, 6.45) is 1.52. The molecule has 1 nitrogen and oxygen atoms in total. The van der Waals surface area contributed by atoms with Crippen LogP contribution in [0.4, 0.5) is 0 Å². The zero-order chi connectivity index (χ0) is 19.0. The van der Waals surface area contributed by atoms with Crippen LogP contribution < -0.4 is 4.46 Å². The zero-order valence-electron chi connectivity index (χ0n) is 15.6. The minimum atomic E-state index is -1.12. The Balaban J connectivity index is 1.79. The van der Waals surface area contributed by atoms with E-state index in [9.17, 15) is 5.11 Å². The van der Waals surface area contributed by atoms with Crippen molar-refractivity contribution in [3.05, 3.63) is 102 Å². The van der Waals surface area contributed by atoms with Crippen LogP contribution in [0.2, 0.25) is 5.32 Å². The molecule has 3 aromatic rings. The molecule has 0 spiro atoms. The molecule has 0 saturated heterocycles. The molecule has 0 saturated carbocycles. The van der Waals surface area contributed by atoms with Gasteiger partial charge in [-0.3, -0.25) is 0 Å². The van der Waals surface area contributed by atoms with E-state index in [2.05, 4.69) is 54.3 Å². The number of benzene rings is 3. The van der Waals surface area contributed by atoms with Crippen molar-refractivity contribution in [3.8, 4) is 11.8 Å². The van der Waals surface area contributed by atoms with Crippen LogP contribution >= 0.6 is 0 Å². The summed E-state index contributed by atoms with van der Waals surface area (Å²) in [6, 6.07) is 28.7. The molecule has 2 heteroatoms. The molecule has 3 aromatic carbocycles. The Kier molecular flexibility index (Phi) is 6.91. The van der Waals surface area contributed by atoms with Crippen LogP contribution in [0.5, 0.6) is 0 Å². The van der Waals surface area contributed by atoms with Gasteiger partial charge in [0.1, 0.15) is 0 Å². The molecule has 0 aliphatic carbocycles. The van der Waals surface area contributed by atoms with Crippen molar-refractivity contribution in [1.29, 1.82) is 0 Å². The second kappa shape index (κ2) is 9.58. The van der Waals surface area contributed by atoms with E-state index in [1.165, 1.54) is 10.0 Å². The third kappa shape index (κ3) is 5.34. The molecule has 3 rings (SSSR count). The fraction of sp³-hybridized carbons (Fsp3) is 0.200. The predicted octanol–water partition coefficient (Wildman–Crippen LogP) is 4.33. The third-order valence-corrected chi connectivity index (χ3v) is 6.67. The third-order valence-electron chi connectivity index (χ3n) is 4.55. The van der Waals surface area contributed by atoms with Gasteiger partial charge < -0.3 is 0 Å². The number of hydrogen-bond acceptors (Lipinski definition) is 1. The predicted molar refractivity (Wildman–Crippen MR) is 114 cm³/mol. The summed E-state index contributed by atoms with van der Waals surface area (Å²) in [6.45, 7) is 1.99. The number of aliphatic hydroxyl groups is 1. The molecule has 27 heavy (non-hydrogen) atoms. The summed E-state index contributed by atoms with van der Waals surface area (Å²) in [5.41, 5.74) is 1.95. The fourth-order valence-electron chi connectivity index (χ4n) is 2.98. The minimum absolute atomic E-state index is 0.439. The maximum atomic E-state index is 11.3. The summed E-state index contributed by atoms with van der Waals surface area (Å²) in [5, 5.41) is 12.4. The van der Waals surface area contributed by atoms with Crippen LogP contribution in [0.3, 0.4) is 0 Å². The van der Waals surface area contributed by atoms with Gasteiger partial charge in [-0.25, -0.2) is 0 Å². The first-order valence-electron chi connectivity index (χ1n) is 9.28. The van der Waals surface area contributed by atoms with Gasteiger partial charge in [-0.05, 0) is 0 Å². The van der Waals surface area contributed by atoms with E-state index >= 15 is 0 Å². The summed E-state index contributed by atoms with van der Waals surface area (Å²) < 4.78 is 1.41. The molecular formula is C25H24OSe. The Labute approximate surface area is 168 Å². The van der Waals surface area contributed by atoms with Crippen LogP contribution in [-0.2, 0) is 12.0 Å². The van der Waals surface area contributed by atoms with E-state index in [1.54, 1.807) is 0 Å². The summed E-state index contributed by atoms with van der Waals surface area (Å²) in [4.78, 5) is 0. The van der Waals surface area contributed by atoms with Crippen molar-refractivity contribution < 1.29 is 5.11 Å². The molecule has 0 radical (unpaired) electrons. The van der Waals surface area contributed by atoms with Gasteiger partial charge in [0, 0.05) is 0 Å². The van der Waals surface area contributed by atoms with E-state index in [-0.39, 0.29) is 0 Å². The molecule has 1 atom stereocenters. The SMILES string of the molecule is CCC(O)(C#Cc1ccccc1)c1ccccc1CC[Se]c1ccccc1. The Hall–Kier alpha value is -2.30. The molecule has 0 aliphatic heterocycles. The first kappa shape index (κ1) is 19.5. The van der Waals surface area contributed by atoms with Gasteiger partial charge >= 0.3 is 169 Å². The monoisotopic (exact) mass is 420 g/mol. The van der Waals surface area contributed by atoms with E-state index in [1.807, 2.05) is 49.4 Å². The van der Waals surface area contributed by atoms with Gasteiger partial charge in [0.2, 0.25) is 0 Å². The van der Waals surface area contributed by atoms with Crippen molar-refractivity contribution in [2.75, 3.05) is 0 Å². The zero-order valence-corrected chi connectivity index (χ0v) is 17.3. The first-order chi connectivity index (χ1) is 13.2. The van der Waals surface area contributed by atoms with E-state index in [0.29, 0.717) is 21.4 Å². The molecule has 1 unspecified atom stereocenters. The van der Waals surface area contributed by atoms with Crippen LogP contribution in [0.15, 0.2) is 84.9 Å². The molecule has 0 aliphatic rings. The summed E-state index contributed by atoms with van der Waals surface area (Å²) >= 11 is 0.439. The first-order valence-corrected chi connectivity index (χ1v) is 11.3. The average Bonchev–Trinajstić information content (AvgIpc) is 2.74. The van der Waals surface area contributed by atoms with E-state index in [4.69, 9.17) is 0 Å². The average molecular weight is 419 g/mol. The summed E-state index contributed by atoms with van der Waals surface area (Å²) in [7, 11) is 0. The number of hydrogen-bond donors (Lipinski definition) is 1. The Morgan fingerprint density at radius 3 is 2.19 bits per heavy atom. The van der Waals surface area contributed by atoms with Crippen molar-refractivity contribution >= 4 is 19.4 Å². The van der Waals surface area contributed by atoms with E-state index in [0.717, 1.165) is 22.9 Å². The van der Waals surface area contributed by atoms with Crippen LogP contribution in [-0.4, -0.2) is 20.1 Å². The molecule has 0 aromatic heterocycles. The molecule has 0 fully saturated rings. The quantitative estimate of drug-likeness (QED) is 0.466. The Morgan fingerprint density at radius 2 is 1.48 bits per heavy atom. The Morgan fingerprint density at radius 1 is 0.852 bits per heavy atom. The molecule has 136 valence electrons. The van der Waals surface area contributed by atoms with Gasteiger partial charge in [0.15, 0.2) is 0 Å². The van der Waals surface area contributed by atoms with E-state index < -0.39 is 5.60 Å². The van der Waals surface area contributed by atoms with Crippen LogP contribution in [0.1, 0.15) is 30.0 Å². The van der Waals surface area contributed by atoms with Crippen molar-refractivity contribution in [2.45, 2.75) is 30.7 Å². The number of aryl methyl sites for hydroxylation is 1. The summed E-state index contributed by atoms with van der Waals surface area (Å²) in [5.74, 6) is 6.29. The van der Waals surface area contributed by atoms with Gasteiger partial charge in [-0.15, -0.1) is 0 Å². The normalized spacial score (nSPS) is 12.7. The second-order valence-corrected chi connectivity index (χ2v) is 8.85. The standard InChI is InChI=1S/C25H24OSe/c1-2-25(26,19-17-21-11-5-3-6-12-21)24-16-10-9-13-22(24)18-20-27-23-14-7-4-8-15-23/h3-16,26H,2,18,20H2,1H3. The van der Waals surface area contributed by atoms with Gasteiger partial charge in [-0.2, -0.15) is 0 Å². The Bertz CT molecular complexity index is 909. The van der Waals surface area contributed by atoms with Crippen LogP contribution in [0, 0.1) is 11.8 Å².